The van der Waals surface area contributed by atoms with E-state index in [2.05, 4.69) is 15.3 Å². The number of aromatic nitrogens is 1. The number of aryl methyl sites for hydroxylation is 1. The molecule has 0 saturated heterocycles. The maximum Gasteiger partial charge on any atom is 0.399 e. The van der Waals surface area contributed by atoms with Crippen LogP contribution in [0.5, 0.6) is 5.75 Å². The highest BCUT2D eigenvalue weighted by molar-refractivity contribution is 5.98. The number of benzene rings is 2. The van der Waals surface area contributed by atoms with Gasteiger partial charge in [-0.25, -0.2) is 9.37 Å². The number of alkyl halides is 3. The van der Waals surface area contributed by atoms with Crippen LogP contribution in [0.15, 0.2) is 47.5 Å². The summed E-state index contributed by atoms with van der Waals surface area (Å²) in [6, 6.07) is 9.54. The van der Waals surface area contributed by atoms with Gasteiger partial charge in [0.2, 0.25) is 0 Å². The number of aliphatic imine (C=N–C) groups is 1. The first kappa shape index (κ1) is 27.6. The summed E-state index contributed by atoms with van der Waals surface area (Å²) in [4.78, 5) is 21.7. The maximum atomic E-state index is 13.9. The van der Waals surface area contributed by atoms with E-state index in [1.165, 1.54) is 36.5 Å². The van der Waals surface area contributed by atoms with Crippen LogP contribution in [0.2, 0.25) is 0 Å². The van der Waals surface area contributed by atoms with E-state index in [0.717, 1.165) is 0 Å². The number of ether oxygens (including phenoxy) is 1. The van der Waals surface area contributed by atoms with Crippen LogP contribution in [-0.4, -0.2) is 48.6 Å². The molecule has 1 saturated carbocycles. The molecular formula is C29H28F4N4O3. The Labute approximate surface area is 228 Å². The van der Waals surface area contributed by atoms with Crippen molar-refractivity contribution in [2.75, 3.05) is 25.9 Å². The zero-order valence-corrected chi connectivity index (χ0v) is 21.8. The molecule has 4 N–H and O–H groups in total. The maximum absolute atomic E-state index is 13.9. The molecule has 2 aliphatic rings. The molecule has 0 unspecified atom stereocenters. The number of amides is 1. The number of hydrogen-bond acceptors (Lipinski definition) is 6. The van der Waals surface area contributed by atoms with E-state index in [1.54, 1.807) is 26.1 Å². The Kier molecular flexibility index (Phi) is 7.03. The second-order valence-electron chi connectivity index (χ2n) is 10.3. The molecule has 40 heavy (non-hydrogen) atoms. The van der Waals surface area contributed by atoms with Gasteiger partial charge in [0, 0.05) is 41.2 Å². The third kappa shape index (κ3) is 5.13. The standard InChI is InChI=1S/C29H28F4N4O3/c1-15-9-17(10-18(12-35-2)24(15)34)27(38)36-14-28(39,19-5-6-19)23-11-21-22(29(31,32)33)13-40-26(21)25(37-23)16-3-7-20(30)8-4-16/h3-4,7-12,19,22,39H,5-6,13-14,34H2,1-2H3,(H,36,38)/t22-,28-/m1/s1. The molecule has 5 rings (SSSR count). The molecular weight excluding hydrogens is 528 g/mol. The van der Waals surface area contributed by atoms with Crippen LogP contribution >= 0.6 is 0 Å². The summed E-state index contributed by atoms with van der Waals surface area (Å²) in [5.41, 5.74) is 6.57. The van der Waals surface area contributed by atoms with Crippen molar-refractivity contribution in [3.05, 3.63) is 76.2 Å². The summed E-state index contributed by atoms with van der Waals surface area (Å²) in [6.07, 6.45) is -1.85. The molecule has 0 spiro atoms. The summed E-state index contributed by atoms with van der Waals surface area (Å²) >= 11 is 0. The Morgan fingerprint density at radius 2 is 1.93 bits per heavy atom. The third-order valence-electron chi connectivity index (χ3n) is 7.45. The largest absolute Gasteiger partial charge is 0.490 e. The van der Waals surface area contributed by atoms with Gasteiger partial charge in [-0.2, -0.15) is 13.2 Å². The van der Waals surface area contributed by atoms with Crippen molar-refractivity contribution in [2.45, 2.75) is 37.5 Å². The Balaban J connectivity index is 1.53. The molecule has 1 aromatic heterocycles. The lowest BCUT2D eigenvalue weighted by Crippen LogP contribution is -2.43. The van der Waals surface area contributed by atoms with Crippen LogP contribution in [0.25, 0.3) is 11.3 Å². The zero-order valence-electron chi connectivity index (χ0n) is 21.8. The minimum absolute atomic E-state index is 0.0135. The monoisotopic (exact) mass is 556 g/mol. The summed E-state index contributed by atoms with van der Waals surface area (Å²) in [5.74, 6) is -3.32. The number of rotatable bonds is 7. The molecule has 2 heterocycles. The van der Waals surface area contributed by atoms with Crippen molar-refractivity contribution >= 4 is 17.8 Å². The van der Waals surface area contributed by atoms with Crippen molar-refractivity contribution in [1.29, 1.82) is 0 Å². The third-order valence-corrected chi connectivity index (χ3v) is 7.45. The van der Waals surface area contributed by atoms with Gasteiger partial charge in [0.15, 0.2) is 0 Å². The van der Waals surface area contributed by atoms with Crippen LogP contribution in [0.3, 0.4) is 0 Å². The van der Waals surface area contributed by atoms with Gasteiger partial charge < -0.3 is 20.9 Å². The first-order chi connectivity index (χ1) is 18.9. The number of anilines is 1. The molecule has 210 valence electrons. The predicted molar refractivity (Wildman–Crippen MR) is 142 cm³/mol. The lowest BCUT2D eigenvalue weighted by molar-refractivity contribution is -0.151. The summed E-state index contributed by atoms with van der Waals surface area (Å²) in [5, 5.41) is 14.6. The summed E-state index contributed by atoms with van der Waals surface area (Å²) in [7, 11) is 1.58. The molecule has 1 aliphatic carbocycles. The molecule has 7 nitrogen and oxygen atoms in total. The number of nitrogens with zero attached hydrogens (tertiary/aromatic N) is 2. The van der Waals surface area contributed by atoms with E-state index in [1.807, 2.05) is 0 Å². The Hall–Kier alpha value is -3.99. The van der Waals surface area contributed by atoms with Gasteiger partial charge in [-0.3, -0.25) is 9.79 Å². The molecule has 1 fully saturated rings. The molecule has 0 radical (unpaired) electrons. The topological polar surface area (TPSA) is 110 Å². The predicted octanol–water partition coefficient (Wildman–Crippen LogP) is 4.89. The number of halogens is 4. The second kappa shape index (κ2) is 10.2. The quantitative estimate of drug-likeness (QED) is 0.218. The molecule has 1 amide bonds. The zero-order chi connectivity index (χ0) is 28.8. The number of carbonyl (C=O) groups is 1. The first-order valence-electron chi connectivity index (χ1n) is 12.8. The summed E-state index contributed by atoms with van der Waals surface area (Å²) in [6.45, 7) is 0.837. The van der Waals surface area contributed by atoms with Crippen LogP contribution in [0.1, 0.15) is 51.5 Å². The number of nitrogens with one attached hydrogen (secondary N) is 1. The van der Waals surface area contributed by atoms with Gasteiger partial charge in [-0.1, -0.05) is 0 Å². The van der Waals surface area contributed by atoms with Gasteiger partial charge in [0.05, 0.1) is 12.2 Å². The normalized spacial score (nSPS) is 18.3. The molecule has 0 bridgehead atoms. The van der Waals surface area contributed by atoms with Crippen LogP contribution < -0.4 is 15.8 Å². The Bertz CT molecular complexity index is 1490. The Morgan fingerprint density at radius 1 is 1.23 bits per heavy atom. The van der Waals surface area contributed by atoms with Gasteiger partial charge in [-0.05, 0) is 73.7 Å². The van der Waals surface area contributed by atoms with Gasteiger partial charge >= 0.3 is 6.18 Å². The molecule has 1 aliphatic heterocycles. The highest BCUT2D eigenvalue weighted by atomic mass is 19.4. The van der Waals surface area contributed by atoms with E-state index in [0.29, 0.717) is 40.8 Å². The van der Waals surface area contributed by atoms with E-state index in [4.69, 9.17) is 10.5 Å². The van der Waals surface area contributed by atoms with E-state index in [-0.39, 0.29) is 35.2 Å². The number of nitrogens with two attached hydrogens (primary N) is 1. The van der Waals surface area contributed by atoms with Crippen LogP contribution in [-0.2, 0) is 5.60 Å². The average molecular weight is 557 g/mol. The SMILES string of the molecule is CN=Cc1cc(C(=O)NC[C@](O)(c2cc3c(c(-c4ccc(F)cc4)n2)OC[C@H]3C(F)(F)F)C2CC2)cc(C)c1N. The summed E-state index contributed by atoms with van der Waals surface area (Å²) < 4.78 is 60.9. The molecule has 2 aromatic carbocycles. The minimum atomic E-state index is -4.59. The average Bonchev–Trinajstić information content (AvgIpc) is 3.68. The minimum Gasteiger partial charge on any atom is -0.490 e. The van der Waals surface area contributed by atoms with E-state index >= 15 is 0 Å². The Morgan fingerprint density at radius 3 is 2.55 bits per heavy atom. The molecule has 2 atom stereocenters. The number of carbonyl (C=O) groups excluding carboxylic acids is 1. The van der Waals surface area contributed by atoms with Crippen molar-refractivity contribution in [2.24, 2.45) is 10.9 Å². The number of hydrogen-bond donors (Lipinski definition) is 3. The first-order valence-corrected chi connectivity index (χ1v) is 12.8. The van der Waals surface area contributed by atoms with Crippen molar-refractivity contribution in [3.8, 4) is 17.0 Å². The number of nitrogen functional groups attached to an aromatic ring is 1. The number of aliphatic hydroxyl groups is 1. The lowest BCUT2D eigenvalue weighted by atomic mass is 9.88. The number of pyridine rings is 1. The van der Waals surface area contributed by atoms with E-state index in [9.17, 15) is 27.5 Å². The van der Waals surface area contributed by atoms with Crippen LogP contribution in [0, 0.1) is 18.7 Å². The second-order valence-corrected chi connectivity index (χ2v) is 10.3. The fourth-order valence-corrected chi connectivity index (χ4v) is 5.04. The fourth-order valence-electron chi connectivity index (χ4n) is 5.04. The van der Waals surface area contributed by atoms with E-state index < -0.39 is 36.0 Å². The van der Waals surface area contributed by atoms with Gasteiger partial charge in [0.25, 0.3) is 5.91 Å². The fraction of sp³-hybridized carbons (Fsp3) is 0.345. The molecule has 3 aromatic rings. The smallest absolute Gasteiger partial charge is 0.399 e. The van der Waals surface area contributed by atoms with Gasteiger partial charge in [0.1, 0.15) is 35.4 Å². The molecule has 11 heteroatoms. The van der Waals surface area contributed by atoms with Crippen LogP contribution in [0.4, 0.5) is 23.2 Å². The number of fused-ring (bicyclic) bond motifs is 1. The van der Waals surface area contributed by atoms with Crippen molar-refractivity contribution in [3.63, 3.8) is 0 Å². The van der Waals surface area contributed by atoms with Gasteiger partial charge in [-0.15, -0.1) is 0 Å². The highest BCUT2D eigenvalue weighted by Crippen LogP contribution is 2.51. The van der Waals surface area contributed by atoms with Crippen molar-refractivity contribution < 1.29 is 32.2 Å². The van der Waals surface area contributed by atoms with Crippen molar-refractivity contribution in [1.82, 2.24) is 10.3 Å². The lowest BCUT2D eigenvalue weighted by Gasteiger charge is -2.29. The highest BCUT2D eigenvalue weighted by Gasteiger charge is 2.51.